The summed E-state index contributed by atoms with van der Waals surface area (Å²) in [4.78, 5) is 10.1. The highest BCUT2D eigenvalue weighted by Crippen LogP contribution is 2.18. The van der Waals surface area contributed by atoms with Crippen LogP contribution in [0.25, 0.3) is 0 Å². The van der Waals surface area contributed by atoms with E-state index in [9.17, 15) is 10.1 Å². The number of hydrogen-bond donors (Lipinski definition) is 2. The van der Waals surface area contributed by atoms with E-state index >= 15 is 0 Å². The SMILES string of the molecule is CC.CC(C)c1ccc(B(O)O)c([N+](=O)[O-])c1. The lowest BCUT2D eigenvalue weighted by atomic mass is 9.78. The van der Waals surface area contributed by atoms with Crippen LogP contribution in [0.4, 0.5) is 5.69 Å². The van der Waals surface area contributed by atoms with Gasteiger partial charge in [-0.1, -0.05) is 39.8 Å². The van der Waals surface area contributed by atoms with Crippen LogP contribution in [0.15, 0.2) is 18.2 Å². The number of nitrogens with zero attached hydrogens (tertiary/aromatic N) is 1. The minimum absolute atomic E-state index is 0.0793. The van der Waals surface area contributed by atoms with E-state index in [1.54, 1.807) is 6.07 Å². The van der Waals surface area contributed by atoms with Gasteiger partial charge in [-0.3, -0.25) is 10.1 Å². The third-order valence-electron chi connectivity index (χ3n) is 2.20. The van der Waals surface area contributed by atoms with Gasteiger partial charge >= 0.3 is 7.12 Å². The summed E-state index contributed by atoms with van der Waals surface area (Å²) >= 11 is 0. The summed E-state index contributed by atoms with van der Waals surface area (Å²) in [6.07, 6.45) is 0. The first-order valence-electron chi connectivity index (χ1n) is 5.58. The molecule has 1 aromatic carbocycles. The van der Waals surface area contributed by atoms with Crippen molar-refractivity contribution >= 4 is 18.3 Å². The monoisotopic (exact) mass is 239 g/mol. The van der Waals surface area contributed by atoms with Crippen LogP contribution < -0.4 is 5.46 Å². The number of nitro benzene ring substituents is 1. The molecule has 1 aromatic rings. The van der Waals surface area contributed by atoms with Crippen molar-refractivity contribution in [3.63, 3.8) is 0 Å². The fourth-order valence-corrected chi connectivity index (χ4v) is 1.30. The topological polar surface area (TPSA) is 83.6 Å². The smallest absolute Gasteiger partial charge is 0.423 e. The van der Waals surface area contributed by atoms with E-state index < -0.39 is 12.0 Å². The van der Waals surface area contributed by atoms with E-state index in [2.05, 4.69) is 0 Å². The average molecular weight is 239 g/mol. The maximum Gasteiger partial charge on any atom is 0.495 e. The summed E-state index contributed by atoms with van der Waals surface area (Å²) in [5.74, 6) is 0.161. The molecule has 94 valence electrons. The molecule has 5 nitrogen and oxygen atoms in total. The predicted octanol–water partition coefficient (Wildman–Crippen LogP) is 1.42. The molecule has 2 N–H and O–H groups in total. The van der Waals surface area contributed by atoms with Crippen molar-refractivity contribution in [3.8, 4) is 0 Å². The van der Waals surface area contributed by atoms with Crippen LogP contribution in [-0.2, 0) is 0 Å². The maximum atomic E-state index is 10.7. The van der Waals surface area contributed by atoms with Gasteiger partial charge in [0.2, 0.25) is 0 Å². The van der Waals surface area contributed by atoms with E-state index in [4.69, 9.17) is 10.0 Å². The molecule has 0 atom stereocenters. The van der Waals surface area contributed by atoms with Gasteiger partial charge in [-0.25, -0.2) is 0 Å². The summed E-state index contributed by atoms with van der Waals surface area (Å²) in [6, 6.07) is 4.41. The van der Waals surface area contributed by atoms with Crippen LogP contribution in [0.5, 0.6) is 0 Å². The zero-order chi connectivity index (χ0) is 13.6. The van der Waals surface area contributed by atoms with Crippen molar-refractivity contribution in [2.24, 2.45) is 0 Å². The summed E-state index contributed by atoms with van der Waals surface area (Å²) in [5, 5.41) is 28.6. The van der Waals surface area contributed by atoms with Gasteiger partial charge in [0.1, 0.15) is 0 Å². The van der Waals surface area contributed by atoms with Gasteiger partial charge in [0.15, 0.2) is 0 Å². The lowest BCUT2D eigenvalue weighted by molar-refractivity contribution is -0.383. The fourth-order valence-electron chi connectivity index (χ4n) is 1.30. The molecule has 0 heterocycles. The largest absolute Gasteiger partial charge is 0.495 e. The molecule has 0 fully saturated rings. The molecule has 17 heavy (non-hydrogen) atoms. The van der Waals surface area contributed by atoms with Gasteiger partial charge < -0.3 is 10.0 Å². The Balaban J connectivity index is 0.00000121. The fraction of sp³-hybridized carbons (Fsp3) is 0.455. The molecule has 0 amide bonds. The van der Waals surface area contributed by atoms with Crippen LogP contribution in [0.2, 0.25) is 0 Å². The Morgan fingerprint density at radius 1 is 1.29 bits per heavy atom. The molecule has 0 aliphatic carbocycles. The number of hydrogen-bond acceptors (Lipinski definition) is 4. The second kappa shape index (κ2) is 7.03. The lowest BCUT2D eigenvalue weighted by Gasteiger charge is -2.07. The minimum atomic E-state index is -1.81. The third kappa shape index (κ3) is 4.16. The molecular formula is C11H18BNO4. The van der Waals surface area contributed by atoms with E-state index in [1.165, 1.54) is 12.1 Å². The second-order valence-corrected chi connectivity index (χ2v) is 3.60. The van der Waals surface area contributed by atoms with Crippen molar-refractivity contribution in [1.29, 1.82) is 0 Å². The van der Waals surface area contributed by atoms with Crippen molar-refractivity contribution in [2.45, 2.75) is 33.6 Å². The Morgan fingerprint density at radius 3 is 2.18 bits per heavy atom. The molecule has 1 rings (SSSR count). The van der Waals surface area contributed by atoms with Crippen LogP contribution in [0.3, 0.4) is 0 Å². The maximum absolute atomic E-state index is 10.7. The zero-order valence-electron chi connectivity index (χ0n) is 10.5. The van der Waals surface area contributed by atoms with Crippen molar-refractivity contribution in [2.75, 3.05) is 0 Å². The highest BCUT2D eigenvalue weighted by atomic mass is 16.6. The van der Waals surface area contributed by atoms with Crippen molar-refractivity contribution in [1.82, 2.24) is 0 Å². The molecule has 0 aliphatic rings. The summed E-state index contributed by atoms with van der Waals surface area (Å²) in [6.45, 7) is 7.82. The van der Waals surface area contributed by atoms with Gasteiger partial charge in [-0.15, -0.1) is 0 Å². The van der Waals surface area contributed by atoms with E-state index in [-0.39, 0.29) is 17.1 Å². The van der Waals surface area contributed by atoms with Gasteiger partial charge in [-0.05, 0) is 11.5 Å². The van der Waals surface area contributed by atoms with E-state index in [0.29, 0.717) is 0 Å². The number of nitro groups is 1. The average Bonchev–Trinajstić information content (AvgIpc) is 2.30. The molecule has 0 unspecified atom stereocenters. The zero-order valence-corrected chi connectivity index (χ0v) is 10.5. The number of benzene rings is 1. The quantitative estimate of drug-likeness (QED) is 0.474. The van der Waals surface area contributed by atoms with Gasteiger partial charge in [-0.2, -0.15) is 0 Å². The van der Waals surface area contributed by atoms with Crippen LogP contribution >= 0.6 is 0 Å². The summed E-state index contributed by atoms with van der Waals surface area (Å²) in [5.41, 5.74) is 0.465. The molecule has 0 aliphatic heterocycles. The van der Waals surface area contributed by atoms with Crippen LogP contribution in [0, 0.1) is 10.1 Å². The van der Waals surface area contributed by atoms with E-state index in [1.807, 2.05) is 27.7 Å². The highest BCUT2D eigenvalue weighted by molar-refractivity contribution is 6.60. The Hall–Kier alpha value is -1.40. The lowest BCUT2D eigenvalue weighted by Crippen LogP contribution is -2.32. The van der Waals surface area contributed by atoms with E-state index in [0.717, 1.165) is 5.56 Å². The Bertz CT molecular complexity index is 380. The number of rotatable bonds is 3. The first-order valence-corrected chi connectivity index (χ1v) is 5.58. The van der Waals surface area contributed by atoms with Crippen molar-refractivity contribution < 1.29 is 15.0 Å². The van der Waals surface area contributed by atoms with Crippen LogP contribution in [0.1, 0.15) is 39.2 Å². The van der Waals surface area contributed by atoms with Gasteiger partial charge in [0.05, 0.1) is 10.4 Å². The molecule has 0 spiro atoms. The molecule has 0 saturated heterocycles. The second-order valence-electron chi connectivity index (χ2n) is 3.60. The van der Waals surface area contributed by atoms with Crippen LogP contribution in [-0.4, -0.2) is 22.1 Å². The first-order chi connectivity index (χ1) is 7.93. The molecular weight excluding hydrogens is 221 g/mol. The standard InChI is InChI=1S/C9H12BNO4.C2H6/c1-6(2)7-3-4-8(10(12)13)9(5-7)11(14)15;1-2/h3-6,12-13H,1-2H3;1-2H3. The molecule has 0 bridgehead atoms. The molecule has 0 aromatic heterocycles. The summed E-state index contributed by atoms with van der Waals surface area (Å²) < 4.78 is 0. The normalized spacial score (nSPS) is 9.59. The van der Waals surface area contributed by atoms with Gasteiger partial charge in [0.25, 0.3) is 5.69 Å². The Kier molecular flexibility index (Phi) is 6.46. The summed E-state index contributed by atoms with van der Waals surface area (Å²) in [7, 11) is -1.81. The van der Waals surface area contributed by atoms with Crippen molar-refractivity contribution in [3.05, 3.63) is 33.9 Å². The predicted molar refractivity (Wildman–Crippen MR) is 68.4 cm³/mol. The highest BCUT2D eigenvalue weighted by Gasteiger charge is 2.24. The molecule has 0 saturated carbocycles. The first kappa shape index (κ1) is 15.6. The molecule has 6 heteroatoms. The Labute approximate surface area is 101 Å². The Morgan fingerprint density at radius 2 is 1.82 bits per heavy atom. The van der Waals surface area contributed by atoms with Gasteiger partial charge in [0, 0.05) is 6.07 Å². The minimum Gasteiger partial charge on any atom is -0.423 e. The third-order valence-corrected chi connectivity index (χ3v) is 2.20. The molecule has 0 radical (unpaired) electrons.